The Labute approximate surface area is 140 Å². The van der Waals surface area contributed by atoms with E-state index in [-0.39, 0.29) is 23.9 Å². The molecule has 1 aromatic carbocycles. The molecule has 1 fully saturated rings. The minimum absolute atomic E-state index is 0. The molecule has 126 valence electrons. The molecule has 0 aromatic heterocycles. The van der Waals surface area contributed by atoms with Crippen molar-refractivity contribution in [3.8, 4) is 0 Å². The lowest BCUT2D eigenvalue weighted by Crippen LogP contribution is -2.33. The van der Waals surface area contributed by atoms with Crippen molar-refractivity contribution in [2.45, 2.75) is 57.4 Å². The smallest absolute Gasteiger partial charge is 0.243 e. The maximum atomic E-state index is 12.9. The number of nitrogens with zero attached hydrogens (tertiary/aromatic N) is 1. The number of nitrogens with two attached hydrogens (primary N) is 1. The van der Waals surface area contributed by atoms with Gasteiger partial charge in [0.25, 0.3) is 0 Å². The van der Waals surface area contributed by atoms with Gasteiger partial charge in [0, 0.05) is 19.1 Å². The van der Waals surface area contributed by atoms with Gasteiger partial charge in [-0.3, -0.25) is 0 Å². The lowest BCUT2D eigenvalue weighted by molar-refractivity contribution is 0.471. The van der Waals surface area contributed by atoms with Crippen LogP contribution in [0.3, 0.4) is 0 Å². The minimum atomic E-state index is -3.44. The zero-order chi connectivity index (χ0) is 16.0. The second-order valence-corrected chi connectivity index (χ2v) is 8.98. The van der Waals surface area contributed by atoms with Crippen molar-refractivity contribution in [2.24, 2.45) is 5.73 Å². The quantitative estimate of drug-likeness (QED) is 0.895. The van der Waals surface area contributed by atoms with E-state index in [1.165, 1.54) is 4.31 Å². The van der Waals surface area contributed by atoms with E-state index < -0.39 is 10.0 Å². The molecule has 0 aliphatic carbocycles. The van der Waals surface area contributed by atoms with Gasteiger partial charge in [-0.05, 0) is 42.4 Å². The third-order valence-corrected chi connectivity index (χ3v) is 6.28. The van der Waals surface area contributed by atoms with Crippen LogP contribution in [-0.4, -0.2) is 31.9 Å². The summed E-state index contributed by atoms with van der Waals surface area (Å²) in [6, 6.07) is 3.94. The Morgan fingerprint density at radius 3 is 2.05 bits per heavy atom. The molecular formula is C16H27ClN2O2S. The van der Waals surface area contributed by atoms with Crippen molar-refractivity contribution in [3.63, 3.8) is 0 Å². The molecule has 2 N–H and O–H groups in total. The lowest BCUT2D eigenvalue weighted by atomic mass is 9.85. The van der Waals surface area contributed by atoms with Crippen LogP contribution in [0.5, 0.6) is 0 Å². The van der Waals surface area contributed by atoms with Gasteiger partial charge < -0.3 is 5.73 Å². The van der Waals surface area contributed by atoms with Gasteiger partial charge in [-0.1, -0.05) is 32.9 Å². The van der Waals surface area contributed by atoms with Crippen molar-refractivity contribution in [1.82, 2.24) is 4.31 Å². The third-order valence-electron chi connectivity index (χ3n) is 4.11. The molecule has 1 aromatic rings. The van der Waals surface area contributed by atoms with Crippen molar-refractivity contribution < 1.29 is 8.42 Å². The summed E-state index contributed by atoms with van der Waals surface area (Å²) in [5.41, 5.74) is 8.66. The predicted molar refractivity (Wildman–Crippen MR) is 93.2 cm³/mol. The van der Waals surface area contributed by atoms with Gasteiger partial charge in [0.1, 0.15) is 0 Å². The van der Waals surface area contributed by atoms with Gasteiger partial charge in [0.05, 0.1) is 4.90 Å². The van der Waals surface area contributed by atoms with E-state index in [1.54, 1.807) is 0 Å². The monoisotopic (exact) mass is 346 g/mol. The fourth-order valence-electron chi connectivity index (χ4n) is 2.89. The molecule has 0 amide bonds. The molecule has 1 aliphatic rings. The highest BCUT2D eigenvalue weighted by Gasteiger charge is 2.33. The van der Waals surface area contributed by atoms with Crippen molar-refractivity contribution in [1.29, 1.82) is 0 Å². The first-order valence-electron chi connectivity index (χ1n) is 7.41. The number of sulfonamides is 1. The Morgan fingerprint density at radius 2 is 1.68 bits per heavy atom. The molecule has 6 heteroatoms. The summed E-state index contributed by atoms with van der Waals surface area (Å²) in [6.07, 6.45) is 0.734. The molecule has 0 saturated carbocycles. The van der Waals surface area contributed by atoms with E-state index in [1.807, 2.05) is 26.0 Å². The zero-order valence-electron chi connectivity index (χ0n) is 14.0. The van der Waals surface area contributed by atoms with Crippen LogP contribution in [0.15, 0.2) is 17.0 Å². The Balaban J connectivity index is 0.00000242. The Bertz CT molecular complexity index is 628. The van der Waals surface area contributed by atoms with E-state index in [2.05, 4.69) is 20.8 Å². The summed E-state index contributed by atoms with van der Waals surface area (Å²) >= 11 is 0. The molecule has 22 heavy (non-hydrogen) atoms. The van der Waals surface area contributed by atoms with Crippen LogP contribution in [0.2, 0.25) is 0 Å². The maximum absolute atomic E-state index is 12.9. The van der Waals surface area contributed by atoms with Gasteiger partial charge in [-0.25, -0.2) is 8.42 Å². The van der Waals surface area contributed by atoms with Gasteiger partial charge in [0.15, 0.2) is 0 Å². The highest BCUT2D eigenvalue weighted by atomic mass is 35.5. The maximum Gasteiger partial charge on any atom is 0.243 e. The van der Waals surface area contributed by atoms with Crippen LogP contribution < -0.4 is 5.73 Å². The number of aryl methyl sites for hydroxylation is 2. The minimum Gasteiger partial charge on any atom is -0.326 e. The topological polar surface area (TPSA) is 63.4 Å². The van der Waals surface area contributed by atoms with E-state index in [0.29, 0.717) is 18.0 Å². The summed E-state index contributed by atoms with van der Waals surface area (Å²) < 4.78 is 27.2. The largest absolute Gasteiger partial charge is 0.326 e. The standard InChI is InChI=1S/C16H26N2O2S.ClH/c1-11-8-13(16(3,4)5)9-12(2)15(11)21(19,20)18-7-6-14(17)10-18;/h8-9,14H,6-7,10,17H2,1-5H3;1H/t14-;/m1./s1. The number of rotatable bonds is 2. The molecule has 2 rings (SSSR count). The average molecular weight is 347 g/mol. The number of hydrogen-bond donors (Lipinski definition) is 1. The normalized spacial score (nSPS) is 20.0. The van der Waals surface area contributed by atoms with Crippen molar-refractivity contribution in [2.75, 3.05) is 13.1 Å². The fraction of sp³-hybridized carbons (Fsp3) is 0.625. The number of benzene rings is 1. The second kappa shape index (κ2) is 6.48. The summed E-state index contributed by atoms with van der Waals surface area (Å²) in [5, 5.41) is 0. The molecule has 1 heterocycles. The van der Waals surface area contributed by atoms with Crippen LogP contribution in [0.25, 0.3) is 0 Å². The summed E-state index contributed by atoms with van der Waals surface area (Å²) in [4.78, 5) is 0.449. The van der Waals surface area contributed by atoms with Crippen LogP contribution in [0.1, 0.15) is 43.9 Å². The van der Waals surface area contributed by atoms with Crippen LogP contribution >= 0.6 is 12.4 Å². The molecule has 0 radical (unpaired) electrons. The van der Waals surface area contributed by atoms with Gasteiger partial charge in [0.2, 0.25) is 10.0 Å². The SMILES string of the molecule is Cc1cc(C(C)(C)C)cc(C)c1S(=O)(=O)N1CC[C@@H](N)C1.Cl. The van der Waals surface area contributed by atoms with E-state index in [4.69, 9.17) is 5.73 Å². The average Bonchev–Trinajstić information content (AvgIpc) is 2.74. The summed E-state index contributed by atoms with van der Waals surface area (Å²) in [7, 11) is -3.44. The lowest BCUT2D eigenvalue weighted by Gasteiger charge is -2.24. The molecular weight excluding hydrogens is 320 g/mol. The number of halogens is 1. The highest BCUT2D eigenvalue weighted by Crippen LogP contribution is 2.31. The fourth-order valence-corrected chi connectivity index (χ4v) is 4.81. The molecule has 1 saturated heterocycles. The molecule has 1 atom stereocenters. The third kappa shape index (κ3) is 3.65. The van der Waals surface area contributed by atoms with E-state index in [0.717, 1.165) is 23.1 Å². The van der Waals surface area contributed by atoms with Crippen LogP contribution in [-0.2, 0) is 15.4 Å². The predicted octanol–water partition coefficient (Wildman–Crippen LogP) is 2.74. The molecule has 4 nitrogen and oxygen atoms in total. The van der Waals surface area contributed by atoms with Crippen molar-refractivity contribution in [3.05, 3.63) is 28.8 Å². The first-order valence-corrected chi connectivity index (χ1v) is 8.85. The Kier molecular flexibility index (Phi) is 5.72. The van der Waals surface area contributed by atoms with Crippen LogP contribution in [0.4, 0.5) is 0 Å². The highest BCUT2D eigenvalue weighted by molar-refractivity contribution is 7.89. The molecule has 0 spiro atoms. The molecule has 0 bridgehead atoms. The van der Waals surface area contributed by atoms with E-state index in [9.17, 15) is 8.42 Å². The Hall–Kier alpha value is -0.620. The molecule has 1 aliphatic heterocycles. The summed E-state index contributed by atoms with van der Waals surface area (Å²) in [6.45, 7) is 11.1. The van der Waals surface area contributed by atoms with Crippen LogP contribution in [0, 0.1) is 13.8 Å². The van der Waals surface area contributed by atoms with E-state index >= 15 is 0 Å². The summed E-state index contributed by atoms with van der Waals surface area (Å²) in [5.74, 6) is 0. The molecule has 0 unspecified atom stereocenters. The Morgan fingerprint density at radius 1 is 1.18 bits per heavy atom. The van der Waals surface area contributed by atoms with Gasteiger partial charge in [-0.2, -0.15) is 4.31 Å². The number of hydrogen-bond acceptors (Lipinski definition) is 3. The van der Waals surface area contributed by atoms with Gasteiger partial charge in [-0.15, -0.1) is 12.4 Å². The first kappa shape index (κ1) is 19.4. The zero-order valence-corrected chi connectivity index (χ0v) is 15.6. The van der Waals surface area contributed by atoms with Gasteiger partial charge >= 0.3 is 0 Å². The van der Waals surface area contributed by atoms with Crippen molar-refractivity contribution >= 4 is 22.4 Å². The second-order valence-electron chi connectivity index (χ2n) is 7.10. The first-order chi connectivity index (χ1) is 9.53.